The van der Waals surface area contributed by atoms with E-state index in [4.69, 9.17) is 4.74 Å². The number of hydrogen-bond acceptors (Lipinski definition) is 3. The van der Waals surface area contributed by atoms with E-state index in [0.29, 0.717) is 6.54 Å². The van der Waals surface area contributed by atoms with Crippen molar-refractivity contribution in [3.63, 3.8) is 0 Å². The Kier molecular flexibility index (Phi) is 10.0. The zero-order chi connectivity index (χ0) is 18.1. The van der Waals surface area contributed by atoms with Crippen LogP contribution in [0.3, 0.4) is 0 Å². The van der Waals surface area contributed by atoms with Gasteiger partial charge in [-0.1, -0.05) is 12.1 Å². The Morgan fingerprint density at radius 2 is 2.04 bits per heavy atom. The first kappa shape index (κ1) is 22.2. The molecule has 2 aromatic rings. The first-order valence-corrected chi connectivity index (χ1v) is 8.66. The number of benzene rings is 1. The van der Waals surface area contributed by atoms with E-state index in [2.05, 4.69) is 46.6 Å². The van der Waals surface area contributed by atoms with Gasteiger partial charge in [0.1, 0.15) is 11.9 Å². The van der Waals surface area contributed by atoms with Crippen LogP contribution in [-0.2, 0) is 6.42 Å². The molecule has 0 spiro atoms. The summed E-state index contributed by atoms with van der Waals surface area (Å²) in [6.45, 7) is 7.69. The molecule has 1 atom stereocenters. The SMILES string of the molecule is CN=C(NCCc1ccncc1C)NCC(C)Oc1cccc(C)c1.I. The van der Waals surface area contributed by atoms with Crippen LogP contribution in [0.25, 0.3) is 0 Å². The van der Waals surface area contributed by atoms with Gasteiger partial charge in [0.25, 0.3) is 0 Å². The summed E-state index contributed by atoms with van der Waals surface area (Å²) in [5, 5.41) is 6.64. The van der Waals surface area contributed by atoms with Crippen molar-refractivity contribution < 1.29 is 4.74 Å². The van der Waals surface area contributed by atoms with E-state index in [1.165, 1.54) is 16.7 Å². The molecule has 0 fully saturated rings. The van der Waals surface area contributed by atoms with Crippen molar-refractivity contribution in [1.29, 1.82) is 0 Å². The van der Waals surface area contributed by atoms with E-state index in [1.807, 2.05) is 37.5 Å². The number of nitrogens with zero attached hydrogens (tertiary/aromatic N) is 2. The maximum atomic E-state index is 5.93. The van der Waals surface area contributed by atoms with Crippen molar-refractivity contribution in [2.45, 2.75) is 33.3 Å². The molecule has 1 aromatic carbocycles. The lowest BCUT2D eigenvalue weighted by Crippen LogP contribution is -2.42. The third-order valence-corrected chi connectivity index (χ3v) is 3.93. The van der Waals surface area contributed by atoms with Crippen LogP contribution >= 0.6 is 24.0 Å². The van der Waals surface area contributed by atoms with E-state index >= 15 is 0 Å². The van der Waals surface area contributed by atoms with E-state index in [-0.39, 0.29) is 30.1 Å². The number of pyridine rings is 1. The lowest BCUT2D eigenvalue weighted by Gasteiger charge is -2.18. The molecule has 0 saturated carbocycles. The second-order valence-electron chi connectivity index (χ2n) is 6.18. The van der Waals surface area contributed by atoms with Crippen molar-refractivity contribution >= 4 is 29.9 Å². The quantitative estimate of drug-likeness (QED) is 0.371. The summed E-state index contributed by atoms with van der Waals surface area (Å²) in [5.41, 5.74) is 3.71. The largest absolute Gasteiger partial charge is 0.489 e. The van der Waals surface area contributed by atoms with Gasteiger partial charge in [-0.2, -0.15) is 0 Å². The fraction of sp³-hybridized carbons (Fsp3) is 0.400. The van der Waals surface area contributed by atoms with Crippen LogP contribution in [0, 0.1) is 13.8 Å². The number of aromatic nitrogens is 1. The summed E-state index contributed by atoms with van der Waals surface area (Å²) >= 11 is 0. The molecule has 0 amide bonds. The van der Waals surface area contributed by atoms with Crippen LogP contribution in [0.15, 0.2) is 47.7 Å². The van der Waals surface area contributed by atoms with Gasteiger partial charge in [-0.25, -0.2) is 0 Å². The van der Waals surface area contributed by atoms with E-state index in [0.717, 1.165) is 24.7 Å². The van der Waals surface area contributed by atoms with Crippen LogP contribution in [0.2, 0.25) is 0 Å². The Morgan fingerprint density at radius 3 is 2.73 bits per heavy atom. The lowest BCUT2D eigenvalue weighted by atomic mass is 10.1. The molecule has 2 rings (SSSR count). The van der Waals surface area contributed by atoms with Crippen LogP contribution in [0.5, 0.6) is 5.75 Å². The highest BCUT2D eigenvalue weighted by molar-refractivity contribution is 14.0. The number of halogens is 1. The molecule has 26 heavy (non-hydrogen) atoms. The van der Waals surface area contributed by atoms with Crippen molar-refractivity contribution in [3.05, 3.63) is 59.4 Å². The zero-order valence-corrected chi connectivity index (χ0v) is 18.3. The molecular formula is C20H29IN4O. The van der Waals surface area contributed by atoms with Crippen molar-refractivity contribution in [1.82, 2.24) is 15.6 Å². The van der Waals surface area contributed by atoms with Crippen LogP contribution in [0.1, 0.15) is 23.6 Å². The standard InChI is InChI=1S/C20H28N4O.HI/c1-15-6-5-7-19(12-15)25-17(3)14-24-20(21-4)23-11-9-18-8-10-22-13-16(18)2;/h5-8,10,12-13,17H,9,11,14H2,1-4H3,(H2,21,23,24);1H. The number of hydrogen-bond donors (Lipinski definition) is 2. The maximum absolute atomic E-state index is 5.93. The number of ether oxygens (including phenoxy) is 1. The van der Waals surface area contributed by atoms with Gasteiger partial charge in [0, 0.05) is 26.0 Å². The predicted octanol–water partition coefficient (Wildman–Crippen LogP) is 3.49. The van der Waals surface area contributed by atoms with E-state index in [1.54, 1.807) is 7.05 Å². The molecule has 1 heterocycles. The van der Waals surface area contributed by atoms with Crippen molar-refractivity contribution in [3.8, 4) is 5.75 Å². The van der Waals surface area contributed by atoms with Gasteiger partial charge in [0.05, 0.1) is 6.54 Å². The number of aryl methyl sites for hydroxylation is 2. The minimum atomic E-state index is 0. The summed E-state index contributed by atoms with van der Waals surface area (Å²) in [5.74, 6) is 1.68. The molecule has 0 bridgehead atoms. The van der Waals surface area contributed by atoms with Crippen LogP contribution in [-0.4, -0.2) is 37.2 Å². The van der Waals surface area contributed by atoms with Gasteiger partial charge in [0.15, 0.2) is 5.96 Å². The third kappa shape index (κ3) is 7.59. The highest BCUT2D eigenvalue weighted by atomic mass is 127. The molecule has 5 nitrogen and oxygen atoms in total. The van der Waals surface area contributed by atoms with Crippen LogP contribution < -0.4 is 15.4 Å². The van der Waals surface area contributed by atoms with E-state index in [9.17, 15) is 0 Å². The van der Waals surface area contributed by atoms with Gasteiger partial charge in [0.2, 0.25) is 0 Å². The van der Waals surface area contributed by atoms with Gasteiger partial charge in [-0.3, -0.25) is 9.98 Å². The molecule has 2 N–H and O–H groups in total. The number of rotatable bonds is 7. The Balaban J connectivity index is 0.00000338. The average molecular weight is 468 g/mol. The number of aliphatic imine (C=N–C) groups is 1. The van der Waals surface area contributed by atoms with Gasteiger partial charge >= 0.3 is 0 Å². The Labute approximate surface area is 173 Å². The van der Waals surface area contributed by atoms with Gasteiger partial charge in [-0.05, 0) is 62.1 Å². The highest BCUT2D eigenvalue weighted by Gasteiger charge is 2.06. The highest BCUT2D eigenvalue weighted by Crippen LogP contribution is 2.13. The van der Waals surface area contributed by atoms with Gasteiger partial charge < -0.3 is 15.4 Å². The molecule has 142 valence electrons. The Bertz CT molecular complexity index is 706. The lowest BCUT2D eigenvalue weighted by molar-refractivity contribution is 0.223. The Hall–Kier alpha value is -1.83. The number of guanidine groups is 1. The molecular weight excluding hydrogens is 439 g/mol. The maximum Gasteiger partial charge on any atom is 0.191 e. The summed E-state index contributed by atoms with van der Waals surface area (Å²) in [4.78, 5) is 8.38. The van der Waals surface area contributed by atoms with E-state index < -0.39 is 0 Å². The van der Waals surface area contributed by atoms with Crippen molar-refractivity contribution in [2.24, 2.45) is 4.99 Å². The molecule has 6 heteroatoms. The number of nitrogens with one attached hydrogen (secondary N) is 2. The Morgan fingerprint density at radius 1 is 1.23 bits per heavy atom. The molecule has 1 unspecified atom stereocenters. The monoisotopic (exact) mass is 468 g/mol. The second-order valence-corrected chi connectivity index (χ2v) is 6.18. The fourth-order valence-electron chi connectivity index (χ4n) is 2.52. The minimum Gasteiger partial charge on any atom is -0.489 e. The zero-order valence-electron chi connectivity index (χ0n) is 16.0. The smallest absolute Gasteiger partial charge is 0.191 e. The molecule has 0 radical (unpaired) electrons. The minimum absolute atomic E-state index is 0. The first-order chi connectivity index (χ1) is 12.1. The van der Waals surface area contributed by atoms with Crippen LogP contribution in [0.4, 0.5) is 0 Å². The van der Waals surface area contributed by atoms with Crippen molar-refractivity contribution in [2.75, 3.05) is 20.1 Å². The second kappa shape index (κ2) is 11.7. The molecule has 0 saturated heterocycles. The molecule has 0 aliphatic carbocycles. The summed E-state index contributed by atoms with van der Waals surface area (Å²) in [6.07, 6.45) is 4.71. The summed E-state index contributed by atoms with van der Waals surface area (Å²) < 4.78 is 5.93. The fourth-order valence-corrected chi connectivity index (χ4v) is 2.52. The normalized spacial score (nSPS) is 12.1. The third-order valence-electron chi connectivity index (χ3n) is 3.93. The van der Waals surface area contributed by atoms with Gasteiger partial charge in [-0.15, -0.1) is 24.0 Å². The first-order valence-electron chi connectivity index (χ1n) is 8.66. The summed E-state index contributed by atoms with van der Waals surface area (Å²) in [7, 11) is 1.78. The molecule has 0 aliphatic rings. The summed E-state index contributed by atoms with van der Waals surface area (Å²) in [6, 6.07) is 10.2. The molecule has 0 aliphatic heterocycles. The molecule has 1 aromatic heterocycles. The average Bonchev–Trinajstić information content (AvgIpc) is 2.59. The topological polar surface area (TPSA) is 58.5 Å². The predicted molar refractivity (Wildman–Crippen MR) is 119 cm³/mol.